The molecule has 1 saturated carbocycles. The summed E-state index contributed by atoms with van der Waals surface area (Å²) in [5.41, 5.74) is 0.655. The molecule has 30 heavy (non-hydrogen) atoms. The largest absolute Gasteiger partial charge is 0.283 e. The molecule has 2 aliphatic carbocycles. The average molecular weight is 424 g/mol. The summed E-state index contributed by atoms with van der Waals surface area (Å²) in [6.07, 6.45) is 5.02. The topological polar surface area (TPSA) is 70.1 Å². The lowest BCUT2D eigenvalue weighted by Crippen LogP contribution is -2.51. The number of carbonyl (C=O) groups excluding carboxylic acids is 3. The molecule has 2 bridgehead atoms. The van der Waals surface area contributed by atoms with Gasteiger partial charge in [-0.3, -0.25) is 29.2 Å². The van der Waals surface area contributed by atoms with Gasteiger partial charge in [0.1, 0.15) is 6.54 Å². The van der Waals surface area contributed by atoms with Crippen LogP contribution < -0.4 is 0 Å². The lowest BCUT2D eigenvalue weighted by atomic mass is 9.85. The maximum absolute atomic E-state index is 13.3. The van der Waals surface area contributed by atoms with Crippen LogP contribution in [-0.4, -0.2) is 50.5 Å². The molecule has 3 amide bonds. The van der Waals surface area contributed by atoms with Gasteiger partial charge in [-0.2, -0.15) is 0 Å². The summed E-state index contributed by atoms with van der Waals surface area (Å²) in [6, 6.07) is 9.90. The van der Waals surface area contributed by atoms with Gasteiger partial charge in [0, 0.05) is 5.75 Å². The van der Waals surface area contributed by atoms with Gasteiger partial charge in [0.2, 0.25) is 17.7 Å². The molecule has 2 aliphatic heterocycles. The molecule has 2 saturated heterocycles. The average Bonchev–Trinajstić information content (AvgIpc) is 3.46. The number of benzene rings is 1. The predicted octanol–water partition coefficient (Wildman–Crippen LogP) is 2.70. The van der Waals surface area contributed by atoms with E-state index in [4.69, 9.17) is 0 Å². The van der Waals surface area contributed by atoms with Crippen molar-refractivity contribution in [3.05, 3.63) is 48.0 Å². The number of hydrogen-bond donors (Lipinski definition) is 0. The van der Waals surface area contributed by atoms with Crippen LogP contribution in [0.1, 0.15) is 25.8 Å². The van der Waals surface area contributed by atoms with Gasteiger partial charge in [-0.05, 0) is 37.7 Å². The fourth-order valence-electron chi connectivity index (χ4n) is 5.26. The lowest BCUT2D eigenvalue weighted by molar-refractivity contribution is -0.146. The standard InChI is InChI=1S/C23H25N3O3S/c1-23(2)13-30-22(24-11-14-6-4-3-5-7-14)26(23)17(27)12-25-20(28)18-15-8-9-16(10-15)19(18)21(25)29/h3-9,15-16,18-19H,10-13H2,1-2H3/t15-,16+,18-,19-/m0/s1. The van der Waals surface area contributed by atoms with E-state index < -0.39 is 5.54 Å². The molecule has 2 heterocycles. The molecule has 0 radical (unpaired) electrons. The minimum atomic E-state index is -0.417. The third-order valence-corrected chi connectivity index (χ3v) is 8.12. The highest BCUT2D eigenvalue weighted by Crippen LogP contribution is 2.52. The maximum atomic E-state index is 13.3. The van der Waals surface area contributed by atoms with Crippen molar-refractivity contribution in [3.8, 4) is 0 Å². The Balaban J connectivity index is 1.34. The van der Waals surface area contributed by atoms with Crippen LogP contribution in [0.4, 0.5) is 0 Å². The monoisotopic (exact) mass is 423 g/mol. The Morgan fingerprint density at radius 1 is 1.10 bits per heavy atom. The molecule has 0 unspecified atom stereocenters. The number of rotatable bonds is 4. The maximum Gasteiger partial charge on any atom is 0.249 e. The van der Waals surface area contributed by atoms with E-state index in [-0.39, 0.29) is 47.9 Å². The second-order valence-corrected chi connectivity index (χ2v) is 10.1. The smallest absolute Gasteiger partial charge is 0.249 e. The Morgan fingerprint density at radius 2 is 1.73 bits per heavy atom. The number of carbonyl (C=O) groups is 3. The number of imide groups is 1. The number of amides is 3. The first-order valence-corrected chi connectivity index (χ1v) is 11.4. The van der Waals surface area contributed by atoms with Crippen LogP contribution in [0.15, 0.2) is 47.5 Å². The molecule has 6 nitrogen and oxygen atoms in total. The number of allylic oxidation sites excluding steroid dienone is 2. The molecule has 1 aromatic rings. The molecule has 5 rings (SSSR count). The van der Waals surface area contributed by atoms with Gasteiger partial charge >= 0.3 is 0 Å². The van der Waals surface area contributed by atoms with Crippen molar-refractivity contribution in [2.24, 2.45) is 28.7 Å². The van der Waals surface area contributed by atoms with Crippen molar-refractivity contribution < 1.29 is 14.4 Å². The Morgan fingerprint density at radius 3 is 2.37 bits per heavy atom. The van der Waals surface area contributed by atoms with E-state index in [1.807, 2.05) is 44.2 Å². The predicted molar refractivity (Wildman–Crippen MR) is 115 cm³/mol. The zero-order valence-electron chi connectivity index (χ0n) is 17.2. The second-order valence-electron chi connectivity index (χ2n) is 9.18. The Kier molecular flexibility index (Phi) is 4.61. The van der Waals surface area contributed by atoms with Crippen molar-refractivity contribution in [1.82, 2.24) is 9.80 Å². The fourth-order valence-corrected chi connectivity index (χ4v) is 6.50. The van der Waals surface area contributed by atoms with Crippen LogP contribution >= 0.6 is 11.8 Å². The first kappa shape index (κ1) is 19.5. The van der Waals surface area contributed by atoms with E-state index in [2.05, 4.69) is 17.1 Å². The molecule has 7 heteroatoms. The van der Waals surface area contributed by atoms with E-state index in [0.717, 1.165) is 17.7 Å². The summed E-state index contributed by atoms with van der Waals surface area (Å²) in [5.74, 6) is -0.103. The van der Waals surface area contributed by atoms with Crippen LogP contribution in [-0.2, 0) is 20.9 Å². The van der Waals surface area contributed by atoms with E-state index in [1.54, 1.807) is 16.7 Å². The molecule has 0 spiro atoms. The van der Waals surface area contributed by atoms with Crippen LogP contribution in [0.2, 0.25) is 0 Å². The molecule has 0 N–H and O–H groups in total. The molecule has 4 atom stereocenters. The summed E-state index contributed by atoms with van der Waals surface area (Å²) in [6.45, 7) is 4.28. The minimum absolute atomic E-state index is 0.151. The second kappa shape index (κ2) is 7.08. The fraction of sp³-hybridized carbons (Fsp3) is 0.478. The van der Waals surface area contributed by atoms with Gasteiger partial charge < -0.3 is 0 Å². The highest BCUT2D eigenvalue weighted by atomic mass is 32.2. The molecule has 1 aromatic carbocycles. The summed E-state index contributed by atoms with van der Waals surface area (Å²) in [7, 11) is 0. The van der Waals surface area contributed by atoms with Crippen molar-refractivity contribution in [2.45, 2.75) is 32.4 Å². The van der Waals surface area contributed by atoms with Crippen LogP contribution in [0.25, 0.3) is 0 Å². The van der Waals surface area contributed by atoms with E-state index >= 15 is 0 Å². The van der Waals surface area contributed by atoms with E-state index in [0.29, 0.717) is 11.7 Å². The van der Waals surface area contributed by atoms with Crippen molar-refractivity contribution >= 4 is 34.7 Å². The SMILES string of the molecule is CC1(C)CSC(=NCc2ccccc2)N1C(=O)CN1C(=O)[C@@H]2[C@@H](C1=O)[C@H]1C=C[C@@H]2C1. The van der Waals surface area contributed by atoms with Crippen LogP contribution in [0, 0.1) is 23.7 Å². The zero-order chi connectivity index (χ0) is 21.0. The third-order valence-electron chi connectivity index (χ3n) is 6.70. The lowest BCUT2D eigenvalue weighted by Gasteiger charge is -2.31. The minimum Gasteiger partial charge on any atom is -0.283 e. The van der Waals surface area contributed by atoms with Crippen molar-refractivity contribution in [3.63, 3.8) is 0 Å². The number of nitrogens with zero attached hydrogens (tertiary/aromatic N) is 3. The molecular weight excluding hydrogens is 398 g/mol. The first-order chi connectivity index (χ1) is 14.4. The van der Waals surface area contributed by atoms with Crippen molar-refractivity contribution in [2.75, 3.05) is 12.3 Å². The Hall–Kier alpha value is -2.41. The summed E-state index contributed by atoms with van der Waals surface area (Å²) >= 11 is 1.55. The van der Waals surface area contributed by atoms with Gasteiger partial charge in [0.25, 0.3) is 0 Å². The van der Waals surface area contributed by atoms with Gasteiger partial charge in [0.15, 0.2) is 5.17 Å². The zero-order valence-corrected chi connectivity index (χ0v) is 18.0. The molecular formula is C23H25N3O3S. The number of aliphatic imine (C=N–C) groups is 1. The summed E-state index contributed by atoms with van der Waals surface area (Å²) < 4.78 is 0. The number of fused-ring (bicyclic) bond motifs is 5. The highest BCUT2D eigenvalue weighted by Gasteiger charge is 2.59. The normalized spacial score (nSPS) is 32.5. The highest BCUT2D eigenvalue weighted by molar-refractivity contribution is 8.14. The quantitative estimate of drug-likeness (QED) is 0.552. The first-order valence-electron chi connectivity index (χ1n) is 10.4. The third kappa shape index (κ3) is 3.02. The number of likely N-dealkylation sites (tertiary alicyclic amines) is 1. The molecule has 4 aliphatic rings. The van der Waals surface area contributed by atoms with Crippen molar-refractivity contribution in [1.29, 1.82) is 0 Å². The number of amidine groups is 1. The van der Waals surface area contributed by atoms with Crippen LogP contribution in [0.3, 0.4) is 0 Å². The Labute approximate surface area is 180 Å². The van der Waals surface area contributed by atoms with Gasteiger partial charge in [-0.25, -0.2) is 0 Å². The molecule has 3 fully saturated rings. The van der Waals surface area contributed by atoms with Crippen LogP contribution in [0.5, 0.6) is 0 Å². The van der Waals surface area contributed by atoms with Gasteiger partial charge in [0.05, 0.1) is 23.9 Å². The summed E-state index contributed by atoms with van der Waals surface area (Å²) in [4.78, 5) is 46.8. The molecule has 0 aromatic heterocycles. The number of thioether (sulfide) groups is 1. The Bertz CT molecular complexity index is 941. The summed E-state index contributed by atoms with van der Waals surface area (Å²) in [5, 5.41) is 0.662. The van der Waals surface area contributed by atoms with E-state index in [9.17, 15) is 14.4 Å². The molecule has 156 valence electrons. The van der Waals surface area contributed by atoms with Gasteiger partial charge in [-0.1, -0.05) is 54.2 Å². The number of hydrogen-bond acceptors (Lipinski definition) is 5. The van der Waals surface area contributed by atoms with Gasteiger partial charge in [-0.15, -0.1) is 0 Å². The van der Waals surface area contributed by atoms with E-state index in [1.165, 1.54) is 4.90 Å².